The molecule has 18 heavy (non-hydrogen) atoms. The Morgan fingerprint density at radius 3 is 2.28 bits per heavy atom. The first-order valence-electron chi connectivity index (χ1n) is 5.14. The van der Waals surface area contributed by atoms with Crippen molar-refractivity contribution in [1.82, 2.24) is 10.4 Å². The van der Waals surface area contributed by atoms with Gasteiger partial charge in [0.05, 0.1) is 11.1 Å². The van der Waals surface area contributed by atoms with Crippen LogP contribution in [0.1, 0.15) is 20.7 Å². The lowest BCUT2D eigenvalue weighted by molar-refractivity contribution is -0.0446. The summed E-state index contributed by atoms with van der Waals surface area (Å²) in [6.07, 6.45) is -0.898. The van der Waals surface area contributed by atoms with E-state index in [4.69, 9.17) is 11.6 Å². The van der Waals surface area contributed by atoms with Crippen molar-refractivity contribution in [3.63, 3.8) is 0 Å². The van der Waals surface area contributed by atoms with E-state index in [0.29, 0.717) is 5.06 Å². The van der Waals surface area contributed by atoms with Gasteiger partial charge in [-0.1, -0.05) is 17.2 Å². The van der Waals surface area contributed by atoms with E-state index in [1.807, 2.05) is 0 Å². The number of imide groups is 1. The molecule has 3 amide bonds. The van der Waals surface area contributed by atoms with Gasteiger partial charge in [0.15, 0.2) is 0 Å². The molecule has 6 nitrogen and oxygen atoms in total. The first-order chi connectivity index (χ1) is 8.65. The maximum atomic E-state index is 11.8. The molecule has 0 atom stereocenters. The Morgan fingerprint density at radius 2 is 1.78 bits per heavy atom. The van der Waals surface area contributed by atoms with Gasteiger partial charge < -0.3 is 10.2 Å². The van der Waals surface area contributed by atoms with Crippen molar-refractivity contribution < 1.29 is 19.2 Å². The van der Waals surface area contributed by atoms with Crippen molar-refractivity contribution in [2.24, 2.45) is 0 Å². The fourth-order valence-corrected chi connectivity index (χ4v) is 1.61. The zero-order chi connectivity index (χ0) is 13.1. The summed E-state index contributed by atoms with van der Waals surface area (Å²) >= 11 is 5.37. The molecule has 0 saturated carbocycles. The lowest BCUT2D eigenvalue weighted by Crippen LogP contribution is -2.37. The van der Waals surface area contributed by atoms with Gasteiger partial charge in [-0.15, -0.1) is 11.6 Å². The van der Waals surface area contributed by atoms with Gasteiger partial charge >= 0.3 is 6.09 Å². The molecule has 0 aliphatic carbocycles. The van der Waals surface area contributed by atoms with Crippen LogP contribution in [0.15, 0.2) is 24.3 Å². The van der Waals surface area contributed by atoms with Crippen LogP contribution < -0.4 is 5.32 Å². The molecule has 1 aliphatic rings. The number of nitrogens with one attached hydrogen (secondary N) is 1. The molecule has 1 aliphatic heterocycles. The molecule has 1 heterocycles. The minimum Gasteiger partial charge on any atom is -0.318 e. The van der Waals surface area contributed by atoms with Crippen LogP contribution in [0.25, 0.3) is 0 Å². The lowest BCUT2D eigenvalue weighted by Gasteiger charge is -2.12. The molecule has 94 valence electrons. The van der Waals surface area contributed by atoms with E-state index in [9.17, 15) is 14.4 Å². The van der Waals surface area contributed by atoms with Crippen LogP contribution in [-0.2, 0) is 4.84 Å². The molecule has 1 aromatic carbocycles. The van der Waals surface area contributed by atoms with Crippen LogP contribution >= 0.6 is 11.6 Å². The van der Waals surface area contributed by atoms with E-state index in [1.54, 1.807) is 12.1 Å². The third kappa shape index (κ3) is 2.14. The first kappa shape index (κ1) is 12.4. The Labute approximate surface area is 107 Å². The van der Waals surface area contributed by atoms with Crippen LogP contribution in [0, 0.1) is 0 Å². The van der Waals surface area contributed by atoms with Crippen LogP contribution in [0.4, 0.5) is 4.79 Å². The smallest absolute Gasteiger partial charge is 0.318 e. The molecular formula is C11H9ClN2O4. The normalized spacial score (nSPS) is 13.5. The number of carbonyl (C=O) groups excluding carboxylic acids is 3. The third-order valence-corrected chi connectivity index (χ3v) is 2.48. The molecule has 0 unspecified atom stereocenters. The molecule has 0 aromatic heterocycles. The SMILES string of the molecule is O=C(NCCCl)ON1C(=O)c2ccccc2C1=O. The summed E-state index contributed by atoms with van der Waals surface area (Å²) in [5.74, 6) is -1.11. The Kier molecular flexibility index (Phi) is 3.47. The molecule has 1 aromatic rings. The van der Waals surface area contributed by atoms with Crippen molar-refractivity contribution in [1.29, 1.82) is 0 Å². The second kappa shape index (κ2) is 5.05. The summed E-state index contributed by atoms with van der Waals surface area (Å²) in [6.45, 7) is 0.184. The zero-order valence-electron chi connectivity index (χ0n) is 9.18. The van der Waals surface area contributed by atoms with Crippen LogP contribution in [0.3, 0.4) is 0 Å². The number of fused-ring (bicyclic) bond motifs is 1. The van der Waals surface area contributed by atoms with Crippen LogP contribution in [-0.4, -0.2) is 35.4 Å². The molecule has 0 spiro atoms. The minimum absolute atomic E-state index is 0.184. The number of halogens is 1. The molecule has 0 fully saturated rings. The summed E-state index contributed by atoms with van der Waals surface area (Å²) in [5.41, 5.74) is 0.431. The van der Waals surface area contributed by atoms with E-state index >= 15 is 0 Å². The minimum atomic E-state index is -0.898. The molecule has 2 rings (SSSR count). The highest BCUT2D eigenvalue weighted by molar-refractivity contribution is 6.20. The van der Waals surface area contributed by atoms with Crippen molar-refractivity contribution in [3.05, 3.63) is 35.4 Å². The third-order valence-electron chi connectivity index (χ3n) is 2.29. The fourth-order valence-electron chi connectivity index (χ4n) is 1.51. The predicted octanol–water partition coefficient (Wildman–Crippen LogP) is 1.16. The Balaban J connectivity index is 2.11. The summed E-state index contributed by atoms with van der Waals surface area (Å²) in [7, 11) is 0. The lowest BCUT2D eigenvalue weighted by atomic mass is 10.1. The average molecular weight is 269 g/mol. The van der Waals surface area contributed by atoms with Gasteiger partial charge in [0.25, 0.3) is 11.8 Å². The number of rotatable bonds is 3. The summed E-state index contributed by atoms with van der Waals surface area (Å²) in [6, 6.07) is 6.24. The second-order valence-corrected chi connectivity index (χ2v) is 3.82. The van der Waals surface area contributed by atoms with Crippen LogP contribution in [0.5, 0.6) is 0 Å². The molecule has 0 radical (unpaired) electrons. The molecule has 0 bridgehead atoms. The summed E-state index contributed by atoms with van der Waals surface area (Å²) in [4.78, 5) is 39.5. The van der Waals surface area contributed by atoms with Gasteiger partial charge in [-0.05, 0) is 12.1 Å². The first-order valence-corrected chi connectivity index (χ1v) is 5.68. The number of hydroxylamine groups is 2. The van der Waals surface area contributed by atoms with Gasteiger partial charge in [-0.2, -0.15) is 0 Å². The van der Waals surface area contributed by atoms with Gasteiger partial charge in [0, 0.05) is 12.4 Å². The highest BCUT2D eigenvalue weighted by Gasteiger charge is 2.38. The standard InChI is InChI=1S/C11H9ClN2O4/c12-5-6-13-11(17)18-14-9(15)7-3-1-2-4-8(7)10(14)16/h1-4H,5-6H2,(H,13,17). The summed E-state index contributed by atoms with van der Waals surface area (Å²) in [5, 5.41) is 2.73. The van der Waals surface area contributed by atoms with E-state index in [-0.39, 0.29) is 23.6 Å². The average Bonchev–Trinajstić information content (AvgIpc) is 2.62. The summed E-state index contributed by atoms with van der Waals surface area (Å²) < 4.78 is 0. The van der Waals surface area contributed by atoms with Crippen molar-refractivity contribution in [2.45, 2.75) is 0 Å². The number of benzene rings is 1. The number of alkyl halides is 1. The maximum absolute atomic E-state index is 11.8. The molecule has 7 heteroatoms. The van der Waals surface area contributed by atoms with Gasteiger partial charge in [-0.3, -0.25) is 9.59 Å². The predicted molar refractivity (Wildman–Crippen MR) is 62.1 cm³/mol. The van der Waals surface area contributed by atoms with Gasteiger partial charge in [0.2, 0.25) is 0 Å². The van der Waals surface area contributed by atoms with Gasteiger partial charge in [0.1, 0.15) is 0 Å². The Bertz CT molecular complexity index is 483. The second-order valence-electron chi connectivity index (χ2n) is 3.44. The van der Waals surface area contributed by atoms with E-state index in [1.165, 1.54) is 12.1 Å². The number of hydrogen-bond donors (Lipinski definition) is 1. The highest BCUT2D eigenvalue weighted by Crippen LogP contribution is 2.22. The van der Waals surface area contributed by atoms with E-state index in [0.717, 1.165) is 0 Å². The molecular weight excluding hydrogens is 260 g/mol. The largest absolute Gasteiger partial charge is 0.432 e. The van der Waals surface area contributed by atoms with Crippen molar-refractivity contribution >= 4 is 29.5 Å². The number of amides is 3. The highest BCUT2D eigenvalue weighted by atomic mass is 35.5. The fraction of sp³-hybridized carbons (Fsp3) is 0.182. The Hall–Kier alpha value is -2.08. The maximum Gasteiger partial charge on any atom is 0.432 e. The number of carbonyl (C=O) groups is 3. The van der Waals surface area contributed by atoms with Crippen LogP contribution in [0.2, 0.25) is 0 Å². The molecule has 1 N–H and O–H groups in total. The number of hydrogen-bond acceptors (Lipinski definition) is 4. The quantitative estimate of drug-likeness (QED) is 0.659. The monoisotopic (exact) mass is 268 g/mol. The van der Waals surface area contributed by atoms with Crippen molar-refractivity contribution in [3.8, 4) is 0 Å². The zero-order valence-corrected chi connectivity index (χ0v) is 9.94. The van der Waals surface area contributed by atoms with E-state index < -0.39 is 17.9 Å². The topological polar surface area (TPSA) is 75.7 Å². The molecule has 0 saturated heterocycles. The van der Waals surface area contributed by atoms with Gasteiger partial charge in [-0.25, -0.2) is 4.79 Å². The Morgan fingerprint density at radius 1 is 1.22 bits per heavy atom. The number of nitrogens with zero attached hydrogens (tertiary/aromatic N) is 1. The van der Waals surface area contributed by atoms with E-state index in [2.05, 4.69) is 10.2 Å². The van der Waals surface area contributed by atoms with Crippen molar-refractivity contribution in [2.75, 3.05) is 12.4 Å².